The van der Waals surface area contributed by atoms with Gasteiger partial charge in [-0.25, -0.2) is 0 Å². The third-order valence-electron chi connectivity index (χ3n) is 5.43. The van der Waals surface area contributed by atoms with Gasteiger partial charge in [-0.1, -0.05) is 0 Å². The van der Waals surface area contributed by atoms with Gasteiger partial charge in [0.25, 0.3) is 0 Å². The molecule has 170 valence electrons. The molecule has 4 rings (SSSR count). The van der Waals surface area contributed by atoms with E-state index >= 15 is 0 Å². The number of fused-ring (bicyclic) bond motifs is 1. The van der Waals surface area contributed by atoms with Crippen LogP contribution in [-0.2, 0) is 4.74 Å². The SMILES string of the molecule is O=c1cc(-c2ccc(O)c(O)c2)oc2c([C@@H]3OC(CO)[C@@H](O)C(O)[C@H]3O)c(O)cc(O)c12. The van der Waals surface area contributed by atoms with E-state index in [1.165, 1.54) is 6.07 Å². The molecule has 0 amide bonds. The standard InChI is InChI=1S/C21H20O11/c22-6-14-17(28)18(29)19(30)21(32-14)16-11(26)4-10(25)15-12(27)5-13(31-20(15)16)7-1-2-8(23)9(24)3-7/h1-5,14,17-19,21-26,28-30H,6H2/t14?,17-,18?,19-,21+/m1/s1. The number of rotatable bonds is 3. The van der Waals surface area contributed by atoms with Gasteiger partial charge in [0.1, 0.15) is 53.2 Å². The molecule has 11 nitrogen and oxygen atoms in total. The quantitative estimate of drug-likeness (QED) is 0.247. The molecule has 1 fully saturated rings. The van der Waals surface area contributed by atoms with Crippen LogP contribution in [0, 0.1) is 0 Å². The summed E-state index contributed by atoms with van der Waals surface area (Å²) >= 11 is 0. The molecule has 0 radical (unpaired) electrons. The topological polar surface area (TPSA) is 201 Å². The minimum atomic E-state index is -1.79. The van der Waals surface area contributed by atoms with Crippen LogP contribution in [-0.4, -0.2) is 71.9 Å². The lowest BCUT2D eigenvalue weighted by molar-refractivity contribution is -0.231. The minimum absolute atomic E-state index is 0.117. The number of benzene rings is 2. The second-order valence-corrected chi connectivity index (χ2v) is 7.46. The van der Waals surface area contributed by atoms with E-state index in [-0.39, 0.29) is 27.9 Å². The highest BCUT2D eigenvalue weighted by molar-refractivity contribution is 5.89. The van der Waals surface area contributed by atoms with E-state index in [0.717, 1.165) is 24.3 Å². The smallest absolute Gasteiger partial charge is 0.197 e. The van der Waals surface area contributed by atoms with Gasteiger partial charge in [-0.15, -0.1) is 0 Å². The highest BCUT2D eigenvalue weighted by Gasteiger charge is 2.46. The molecule has 8 N–H and O–H groups in total. The van der Waals surface area contributed by atoms with Crippen molar-refractivity contribution >= 4 is 11.0 Å². The number of phenolic OH excluding ortho intramolecular Hbond substituents is 4. The van der Waals surface area contributed by atoms with Gasteiger partial charge in [0, 0.05) is 17.7 Å². The van der Waals surface area contributed by atoms with Crippen LogP contribution < -0.4 is 5.43 Å². The molecule has 2 aromatic carbocycles. The minimum Gasteiger partial charge on any atom is -0.507 e. The van der Waals surface area contributed by atoms with Gasteiger partial charge >= 0.3 is 0 Å². The van der Waals surface area contributed by atoms with Gasteiger partial charge in [0.15, 0.2) is 22.5 Å². The van der Waals surface area contributed by atoms with E-state index in [4.69, 9.17) is 9.15 Å². The summed E-state index contributed by atoms with van der Waals surface area (Å²) in [5.41, 5.74) is -1.27. The molecule has 2 unspecified atom stereocenters. The second-order valence-electron chi connectivity index (χ2n) is 7.46. The van der Waals surface area contributed by atoms with Crippen molar-refractivity contribution in [3.63, 3.8) is 0 Å². The maximum atomic E-state index is 12.8. The molecule has 0 spiro atoms. The summed E-state index contributed by atoms with van der Waals surface area (Å²) < 4.78 is 11.2. The Kier molecular flexibility index (Phi) is 5.44. The zero-order valence-corrected chi connectivity index (χ0v) is 16.3. The van der Waals surface area contributed by atoms with Crippen molar-refractivity contribution in [2.24, 2.45) is 0 Å². The maximum Gasteiger partial charge on any atom is 0.197 e. The van der Waals surface area contributed by atoms with Crippen LogP contribution in [0.1, 0.15) is 11.7 Å². The van der Waals surface area contributed by atoms with E-state index in [0.29, 0.717) is 0 Å². The summed E-state index contributed by atoms with van der Waals surface area (Å²) in [5.74, 6) is -2.28. The summed E-state index contributed by atoms with van der Waals surface area (Å²) in [7, 11) is 0. The highest BCUT2D eigenvalue weighted by atomic mass is 16.5. The predicted molar refractivity (Wildman–Crippen MR) is 107 cm³/mol. The molecular formula is C21H20O11. The Hall–Kier alpha value is -3.35. The summed E-state index contributed by atoms with van der Waals surface area (Å²) in [5, 5.41) is 79.7. The molecule has 32 heavy (non-hydrogen) atoms. The molecule has 0 saturated carbocycles. The number of aliphatic hydroxyl groups is 4. The van der Waals surface area contributed by atoms with Gasteiger partial charge in [0.05, 0.1) is 12.2 Å². The van der Waals surface area contributed by atoms with Crippen molar-refractivity contribution in [1.82, 2.24) is 0 Å². The van der Waals surface area contributed by atoms with Crippen LogP contribution in [0.3, 0.4) is 0 Å². The molecule has 1 aliphatic heterocycles. The fourth-order valence-corrected chi connectivity index (χ4v) is 3.76. The van der Waals surface area contributed by atoms with Crippen LogP contribution in [0.5, 0.6) is 23.0 Å². The van der Waals surface area contributed by atoms with E-state index < -0.39 is 65.6 Å². The Balaban J connectivity index is 1.97. The molecule has 5 atom stereocenters. The van der Waals surface area contributed by atoms with Crippen molar-refractivity contribution in [3.8, 4) is 34.3 Å². The number of hydrogen-bond donors (Lipinski definition) is 8. The average molecular weight is 448 g/mol. The molecule has 1 aliphatic rings. The molecule has 2 heterocycles. The summed E-state index contributed by atoms with van der Waals surface area (Å²) in [4.78, 5) is 12.8. The molecule has 0 aliphatic carbocycles. The third-order valence-corrected chi connectivity index (χ3v) is 5.43. The first kappa shape index (κ1) is 21.9. The maximum absolute atomic E-state index is 12.8. The monoisotopic (exact) mass is 448 g/mol. The Morgan fingerprint density at radius 2 is 1.53 bits per heavy atom. The zero-order chi connectivity index (χ0) is 23.3. The van der Waals surface area contributed by atoms with Crippen molar-refractivity contribution in [3.05, 3.63) is 46.1 Å². The lowest BCUT2D eigenvalue weighted by Gasteiger charge is -2.40. The number of phenols is 4. The summed E-state index contributed by atoms with van der Waals surface area (Å²) in [6.07, 6.45) is -8.07. The van der Waals surface area contributed by atoms with Crippen LogP contribution in [0.25, 0.3) is 22.3 Å². The predicted octanol–water partition coefficient (Wildman–Crippen LogP) is -0.203. The van der Waals surface area contributed by atoms with Gasteiger partial charge < -0.3 is 50.0 Å². The number of aliphatic hydroxyl groups excluding tert-OH is 4. The number of aromatic hydroxyl groups is 4. The Bertz CT molecular complexity index is 1230. The Labute approximate surface area is 179 Å². The number of ether oxygens (including phenoxy) is 1. The summed E-state index contributed by atoms with van der Waals surface area (Å²) in [6.45, 7) is -0.722. The fraction of sp³-hybridized carbons (Fsp3) is 0.286. The Morgan fingerprint density at radius 3 is 2.19 bits per heavy atom. The lowest BCUT2D eigenvalue weighted by atomic mass is 9.89. The third kappa shape index (κ3) is 3.42. The Morgan fingerprint density at radius 1 is 0.812 bits per heavy atom. The van der Waals surface area contributed by atoms with Crippen LogP contribution >= 0.6 is 0 Å². The largest absolute Gasteiger partial charge is 0.507 e. The molecule has 1 saturated heterocycles. The zero-order valence-electron chi connectivity index (χ0n) is 16.3. The molecule has 11 heteroatoms. The normalized spacial score (nSPS) is 25.8. The van der Waals surface area contributed by atoms with Crippen molar-refractivity contribution in [2.75, 3.05) is 6.61 Å². The van der Waals surface area contributed by atoms with E-state index in [1.54, 1.807) is 0 Å². The first-order chi connectivity index (χ1) is 15.1. The first-order valence-electron chi connectivity index (χ1n) is 9.49. The van der Waals surface area contributed by atoms with Gasteiger partial charge in [0.2, 0.25) is 0 Å². The van der Waals surface area contributed by atoms with E-state index in [9.17, 15) is 45.6 Å². The average Bonchev–Trinajstić information content (AvgIpc) is 2.74. The molecule has 3 aromatic rings. The molecule has 1 aromatic heterocycles. The first-order valence-corrected chi connectivity index (χ1v) is 9.49. The van der Waals surface area contributed by atoms with Crippen molar-refractivity contribution < 1.29 is 50.0 Å². The van der Waals surface area contributed by atoms with Crippen molar-refractivity contribution in [2.45, 2.75) is 30.5 Å². The fourth-order valence-electron chi connectivity index (χ4n) is 3.76. The van der Waals surface area contributed by atoms with Crippen LogP contribution in [0.2, 0.25) is 0 Å². The second kappa shape index (κ2) is 7.97. The van der Waals surface area contributed by atoms with Gasteiger partial charge in [-0.2, -0.15) is 0 Å². The lowest BCUT2D eigenvalue weighted by Crippen LogP contribution is -2.55. The molecular weight excluding hydrogens is 428 g/mol. The highest BCUT2D eigenvalue weighted by Crippen LogP contribution is 2.44. The van der Waals surface area contributed by atoms with Crippen molar-refractivity contribution in [1.29, 1.82) is 0 Å². The number of hydrogen-bond acceptors (Lipinski definition) is 11. The van der Waals surface area contributed by atoms with Crippen LogP contribution in [0.15, 0.2) is 39.5 Å². The van der Waals surface area contributed by atoms with E-state index in [2.05, 4.69) is 0 Å². The summed E-state index contributed by atoms with van der Waals surface area (Å²) in [6, 6.07) is 5.47. The van der Waals surface area contributed by atoms with Crippen LogP contribution in [0.4, 0.5) is 0 Å². The van der Waals surface area contributed by atoms with Gasteiger partial charge in [-0.3, -0.25) is 4.79 Å². The molecule has 0 bridgehead atoms. The van der Waals surface area contributed by atoms with E-state index in [1.807, 2.05) is 0 Å². The van der Waals surface area contributed by atoms with Gasteiger partial charge in [-0.05, 0) is 18.2 Å².